The SMILES string of the molecule is COC(=O)c1cccc(NC(=O)CSc2nnc(CS(=O)(=O)c3ccccc3)n2C)c1. The number of sulfone groups is 1. The monoisotopic (exact) mass is 460 g/mol. The van der Waals surface area contributed by atoms with Crippen molar-refractivity contribution in [1.29, 1.82) is 0 Å². The molecule has 0 unspecified atom stereocenters. The highest BCUT2D eigenvalue weighted by Crippen LogP contribution is 2.20. The Kier molecular flexibility index (Phi) is 7.08. The lowest BCUT2D eigenvalue weighted by Gasteiger charge is -2.07. The summed E-state index contributed by atoms with van der Waals surface area (Å²) in [7, 11) is -0.627. The molecule has 0 saturated heterocycles. The molecule has 3 aromatic rings. The van der Waals surface area contributed by atoms with Gasteiger partial charge in [-0.3, -0.25) is 4.79 Å². The number of hydrogen-bond acceptors (Lipinski definition) is 8. The Morgan fingerprint density at radius 3 is 2.55 bits per heavy atom. The molecule has 0 aliphatic rings. The largest absolute Gasteiger partial charge is 0.465 e. The van der Waals surface area contributed by atoms with Gasteiger partial charge in [-0.25, -0.2) is 13.2 Å². The van der Waals surface area contributed by atoms with Crippen LogP contribution in [0.1, 0.15) is 16.2 Å². The maximum Gasteiger partial charge on any atom is 0.337 e. The molecule has 1 heterocycles. The van der Waals surface area contributed by atoms with E-state index in [1.165, 1.54) is 25.3 Å². The van der Waals surface area contributed by atoms with E-state index in [1.54, 1.807) is 48.0 Å². The summed E-state index contributed by atoms with van der Waals surface area (Å²) >= 11 is 1.12. The third kappa shape index (κ3) is 5.70. The molecule has 0 saturated carbocycles. The first-order valence-electron chi connectivity index (χ1n) is 9.07. The molecule has 0 fully saturated rings. The van der Waals surface area contributed by atoms with Crippen molar-refractivity contribution in [2.24, 2.45) is 7.05 Å². The van der Waals surface area contributed by atoms with Crippen LogP contribution in [0.5, 0.6) is 0 Å². The molecule has 9 nitrogen and oxygen atoms in total. The average Bonchev–Trinajstić information content (AvgIpc) is 3.11. The molecule has 11 heteroatoms. The van der Waals surface area contributed by atoms with E-state index in [0.717, 1.165) is 11.8 Å². The van der Waals surface area contributed by atoms with E-state index in [1.807, 2.05) is 0 Å². The first-order chi connectivity index (χ1) is 14.8. The van der Waals surface area contributed by atoms with Gasteiger partial charge in [-0.15, -0.1) is 10.2 Å². The Morgan fingerprint density at radius 1 is 1.10 bits per heavy atom. The van der Waals surface area contributed by atoms with E-state index >= 15 is 0 Å². The van der Waals surface area contributed by atoms with Gasteiger partial charge in [0.1, 0.15) is 11.6 Å². The highest BCUT2D eigenvalue weighted by atomic mass is 32.2. The van der Waals surface area contributed by atoms with Crippen molar-refractivity contribution in [1.82, 2.24) is 14.8 Å². The van der Waals surface area contributed by atoms with Crippen LogP contribution in [-0.4, -0.2) is 47.9 Å². The van der Waals surface area contributed by atoms with Crippen molar-refractivity contribution in [3.8, 4) is 0 Å². The van der Waals surface area contributed by atoms with Gasteiger partial charge in [0.05, 0.1) is 23.3 Å². The van der Waals surface area contributed by atoms with Crippen LogP contribution in [0, 0.1) is 0 Å². The molecule has 1 aromatic heterocycles. The number of hydrogen-bond donors (Lipinski definition) is 1. The fourth-order valence-electron chi connectivity index (χ4n) is 2.65. The van der Waals surface area contributed by atoms with Gasteiger partial charge < -0.3 is 14.6 Å². The summed E-state index contributed by atoms with van der Waals surface area (Å²) in [6, 6.07) is 14.5. The summed E-state index contributed by atoms with van der Waals surface area (Å²) in [6.45, 7) is 0. The van der Waals surface area contributed by atoms with Crippen molar-refractivity contribution in [2.45, 2.75) is 15.8 Å². The second kappa shape index (κ2) is 9.75. The van der Waals surface area contributed by atoms with Gasteiger partial charge in [-0.2, -0.15) is 0 Å². The number of anilines is 1. The number of thioether (sulfide) groups is 1. The number of ether oxygens (including phenoxy) is 1. The fourth-order valence-corrected chi connectivity index (χ4v) is 4.71. The maximum atomic E-state index is 12.5. The minimum atomic E-state index is -3.56. The summed E-state index contributed by atoms with van der Waals surface area (Å²) in [4.78, 5) is 24.1. The number of nitrogens with zero attached hydrogens (tertiary/aromatic N) is 3. The fraction of sp³-hybridized carbons (Fsp3) is 0.200. The highest BCUT2D eigenvalue weighted by molar-refractivity contribution is 7.99. The van der Waals surface area contributed by atoms with Crippen molar-refractivity contribution < 1.29 is 22.7 Å². The summed E-state index contributed by atoms with van der Waals surface area (Å²) in [5.74, 6) is -0.804. The van der Waals surface area contributed by atoms with E-state index in [0.29, 0.717) is 16.4 Å². The molecule has 31 heavy (non-hydrogen) atoms. The third-order valence-electron chi connectivity index (χ3n) is 4.25. The lowest BCUT2D eigenvalue weighted by atomic mass is 10.2. The van der Waals surface area contributed by atoms with Crippen molar-refractivity contribution in [2.75, 3.05) is 18.2 Å². The van der Waals surface area contributed by atoms with Crippen LogP contribution in [0.15, 0.2) is 64.6 Å². The van der Waals surface area contributed by atoms with Gasteiger partial charge in [0.15, 0.2) is 15.0 Å². The number of aromatic nitrogens is 3. The Morgan fingerprint density at radius 2 is 1.84 bits per heavy atom. The second-order valence-electron chi connectivity index (χ2n) is 6.44. The van der Waals surface area contributed by atoms with Crippen LogP contribution in [-0.2, 0) is 32.2 Å². The second-order valence-corrected chi connectivity index (χ2v) is 9.37. The zero-order valence-electron chi connectivity index (χ0n) is 16.8. The first-order valence-corrected chi connectivity index (χ1v) is 11.7. The first kappa shape index (κ1) is 22.5. The molecule has 0 atom stereocenters. The normalized spacial score (nSPS) is 11.2. The van der Waals surface area contributed by atoms with Crippen LogP contribution in [0.4, 0.5) is 5.69 Å². The van der Waals surface area contributed by atoms with E-state index < -0.39 is 15.8 Å². The highest BCUT2D eigenvalue weighted by Gasteiger charge is 2.20. The number of carbonyl (C=O) groups excluding carboxylic acids is 2. The van der Waals surface area contributed by atoms with Gasteiger partial charge in [0, 0.05) is 12.7 Å². The quantitative estimate of drug-likeness (QED) is 0.402. The standard InChI is InChI=1S/C20H20N4O5S2/c1-24-17(13-31(27,28)16-9-4-3-5-10-16)22-23-20(24)30-12-18(25)21-15-8-6-7-14(11-15)19(26)29-2/h3-11H,12-13H2,1-2H3,(H,21,25). The predicted molar refractivity (Wildman–Crippen MR) is 115 cm³/mol. The van der Waals surface area contributed by atoms with Crippen molar-refractivity contribution >= 4 is 39.2 Å². The number of rotatable bonds is 8. The van der Waals surface area contributed by atoms with Gasteiger partial charge in [-0.05, 0) is 30.3 Å². The minimum absolute atomic E-state index is 0.0276. The Balaban J connectivity index is 1.61. The molecule has 0 aliphatic carbocycles. The van der Waals surface area contributed by atoms with Crippen LogP contribution in [0.25, 0.3) is 0 Å². The summed E-state index contributed by atoms with van der Waals surface area (Å²) in [5, 5.41) is 11.1. The van der Waals surface area contributed by atoms with E-state index in [-0.39, 0.29) is 28.1 Å². The van der Waals surface area contributed by atoms with Crippen LogP contribution >= 0.6 is 11.8 Å². The van der Waals surface area contributed by atoms with Gasteiger partial charge >= 0.3 is 5.97 Å². The van der Waals surface area contributed by atoms with Gasteiger partial charge in [0.2, 0.25) is 5.91 Å². The number of nitrogens with one attached hydrogen (secondary N) is 1. The average molecular weight is 461 g/mol. The maximum absolute atomic E-state index is 12.5. The number of esters is 1. The summed E-state index contributed by atoms with van der Waals surface area (Å²) in [6.07, 6.45) is 0. The smallest absolute Gasteiger partial charge is 0.337 e. The molecule has 3 rings (SSSR count). The third-order valence-corrected chi connectivity index (χ3v) is 6.90. The number of carbonyl (C=O) groups is 2. The summed E-state index contributed by atoms with van der Waals surface area (Å²) in [5.41, 5.74) is 0.784. The lowest BCUT2D eigenvalue weighted by molar-refractivity contribution is -0.113. The minimum Gasteiger partial charge on any atom is -0.465 e. The molecule has 0 bridgehead atoms. The molecule has 0 aliphatic heterocycles. The molecule has 0 radical (unpaired) electrons. The molecule has 1 amide bonds. The summed E-state index contributed by atoms with van der Waals surface area (Å²) < 4.78 is 31.3. The van der Waals surface area contributed by atoms with Crippen molar-refractivity contribution in [3.63, 3.8) is 0 Å². The molecule has 2 aromatic carbocycles. The molecular formula is C20H20N4O5S2. The van der Waals surface area contributed by atoms with Crippen LogP contribution < -0.4 is 5.32 Å². The topological polar surface area (TPSA) is 120 Å². The van der Waals surface area contributed by atoms with Gasteiger partial charge in [-0.1, -0.05) is 36.0 Å². The Labute approximate surface area is 183 Å². The zero-order chi connectivity index (χ0) is 22.4. The molecule has 0 spiro atoms. The predicted octanol–water partition coefficient (Wildman–Crippen LogP) is 2.31. The Bertz CT molecular complexity index is 1190. The van der Waals surface area contributed by atoms with E-state index in [9.17, 15) is 18.0 Å². The molecular weight excluding hydrogens is 440 g/mol. The Hall–Kier alpha value is -3.18. The van der Waals surface area contributed by atoms with Crippen LogP contribution in [0.3, 0.4) is 0 Å². The number of methoxy groups -OCH3 is 1. The molecule has 1 N–H and O–H groups in total. The number of benzene rings is 2. The van der Waals surface area contributed by atoms with Crippen molar-refractivity contribution in [3.05, 3.63) is 66.0 Å². The lowest BCUT2D eigenvalue weighted by Crippen LogP contribution is -2.15. The van der Waals surface area contributed by atoms with Gasteiger partial charge in [0.25, 0.3) is 0 Å². The molecule has 162 valence electrons. The van der Waals surface area contributed by atoms with E-state index in [2.05, 4.69) is 20.3 Å². The van der Waals surface area contributed by atoms with E-state index in [4.69, 9.17) is 0 Å². The zero-order valence-corrected chi connectivity index (χ0v) is 18.4. The van der Waals surface area contributed by atoms with Crippen LogP contribution in [0.2, 0.25) is 0 Å². The number of amides is 1.